The van der Waals surface area contributed by atoms with Crippen molar-refractivity contribution in [2.75, 3.05) is 13.7 Å². The van der Waals surface area contributed by atoms with Gasteiger partial charge in [-0.25, -0.2) is 0 Å². The van der Waals surface area contributed by atoms with E-state index in [1.807, 2.05) is 7.05 Å². The summed E-state index contributed by atoms with van der Waals surface area (Å²) in [5, 5.41) is 12.2. The fraction of sp³-hybridized carbons (Fsp3) is 1.00. The molecule has 2 atom stereocenters. The fourth-order valence-corrected chi connectivity index (χ4v) is 1.81. The van der Waals surface area contributed by atoms with Crippen LogP contribution in [-0.4, -0.2) is 24.8 Å². The van der Waals surface area contributed by atoms with E-state index < -0.39 is 0 Å². The molecule has 0 aromatic rings. The first-order chi connectivity index (χ1) is 4.88. The van der Waals surface area contributed by atoms with E-state index >= 15 is 0 Å². The van der Waals surface area contributed by atoms with Crippen molar-refractivity contribution in [1.29, 1.82) is 0 Å². The first-order valence-electron chi connectivity index (χ1n) is 4.16. The van der Waals surface area contributed by atoms with Crippen LogP contribution < -0.4 is 5.32 Å². The zero-order valence-corrected chi connectivity index (χ0v) is 6.64. The Hall–Kier alpha value is -0.0800. The maximum Gasteiger partial charge on any atom is 0.0474 e. The van der Waals surface area contributed by atoms with Gasteiger partial charge in [0.25, 0.3) is 0 Å². The van der Waals surface area contributed by atoms with Gasteiger partial charge < -0.3 is 10.4 Å². The molecule has 0 unspecified atom stereocenters. The summed E-state index contributed by atoms with van der Waals surface area (Å²) in [5.41, 5.74) is 0. The summed E-state index contributed by atoms with van der Waals surface area (Å²) < 4.78 is 0. The Kier molecular flexibility index (Phi) is 3.16. The van der Waals surface area contributed by atoms with E-state index in [1.54, 1.807) is 0 Å². The van der Waals surface area contributed by atoms with Crippen molar-refractivity contribution >= 4 is 0 Å². The third kappa shape index (κ3) is 1.70. The summed E-state index contributed by atoms with van der Waals surface area (Å²) in [6.45, 7) is 0.353. The second kappa shape index (κ2) is 3.94. The molecule has 0 aromatic carbocycles. The van der Waals surface area contributed by atoms with Crippen molar-refractivity contribution in [3.8, 4) is 0 Å². The molecule has 1 aliphatic carbocycles. The minimum atomic E-state index is 0.353. The highest BCUT2D eigenvalue weighted by atomic mass is 16.3. The lowest BCUT2D eigenvalue weighted by molar-refractivity contribution is 0.157. The average Bonchev–Trinajstić information content (AvgIpc) is 2.04. The minimum absolute atomic E-state index is 0.353. The van der Waals surface area contributed by atoms with E-state index in [0.29, 0.717) is 18.6 Å². The zero-order chi connectivity index (χ0) is 7.40. The predicted molar refractivity (Wildman–Crippen MR) is 41.9 cm³/mol. The van der Waals surface area contributed by atoms with E-state index in [9.17, 15) is 0 Å². The Morgan fingerprint density at radius 2 is 2.10 bits per heavy atom. The Balaban J connectivity index is 2.34. The number of hydrogen-bond donors (Lipinski definition) is 2. The molecule has 0 bridgehead atoms. The molecule has 60 valence electrons. The Morgan fingerprint density at radius 3 is 2.60 bits per heavy atom. The van der Waals surface area contributed by atoms with Crippen LogP contribution in [0.1, 0.15) is 25.7 Å². The van der Waals surface area contributed by atoms with E-state index in [4.69, 9.17) is 5.11 Å². The quantitative estimate of drug-likeness (QED) is 0.598. The highest BCUT2D eigenvalue weighted by Gasteiger charge is 2.22. The topological polar surface area (TPSA) is 32.3 Å². The molecule has 0 spiro atoms. The normalized spacial score (nSPS) is 34.2. The molecule has 1 saturated carbocycles. The molecule has 2 nitrogen and oxygen atoms in total. The standard InChI is InChI=1S/C8H17NO/c1-9-8-5-3-2-4-7(8)6-10/h7-10H,2-6H2,1H3/t7-,8+/m1/s1. The van der Waals surface area contributed by atoms with Crippen LogP contribution in [0.15, 0.2) is 0 Å². The molecule has 0 radical (unpaired) electrons. The van der Waals surface area contributed by atoms with Gasteiger partial charge in [0.2, 0.25) is 0 Å². The van der Waals surface area contributed by atoms with Gasteiger partial charge in [0.05, 0.1) is 0 Å². The molecule has 0 aliphatic heterocycles. The first kappa shape index (κ1) is 8.02. The van der Waals surface area contributed by atoms with Gasteiger partial charge in [-0.3, -0.25) is 0 Å². The van der Waals surface area contributed by atoms with Gasteiger partial charge in [-0.05, 0) is 25.8 Å². The Labute approximate surface area is 62.6 Å². The summed E-state index contributed by atoms with van der Waals surface area (Å²) in [6.07, 6.45) is 5.05. The molecule has 1 aliphatic rings. The van der Waals surface area contributed by atoms with E-state index in [1.165, 1.54) is 25.7 Å². The Morgan fingerprint density at radius 1 is 1.40 bits per heavy atom. The van der Waals surface area contributed by atoms with Gasteiger partial charge in [-0.15, -0.1) is 0 Å². The summed E-state index contributed by atoms with van der Waals surface area (Å²) in [6, 6.07) is 0.568. The highest BCUT2D eigenvalue weighted by Crippen LogP contribution is 2.23. The van der Waals surface area contributed by atoms with Crippen molar-refractivity contribution in [3.05, 3.63) is 0 Å². The summed E-state index contributed by atoms with van der Waals surface area (Å²) >= 11 is 0. The lowest BCUT2D eigenvalue weighted by Crippen LogP contribution is -2.37. The Bertz CT molecular complexity index is 83.3. The molecule has 0 amide bonds. The minimum Gasteiger partial charge on any atom is -0.396 e. The van der Waals surface area contributed by atoms with Gasteiger partial charge >= 0.3 is 0 Å². The summed E-state index contributed by atoms with van der Waals surface area (Å²) in [4.78, 5) is 0. The molecule has 0 aromatic heterocycles. The second-order valence-electron chi connectivity index (χ2n) is 3.12. The molecule has 0 saturated heterocycles. The van der Waals surface area contributed by atoms with Crippen LogP contribution in [-0.2, 0) is 0 Å². The highest BCUT2D eigenvalue weighted by molar-refractivity contribution is 4.78. The van der Waals surface area contributed by atoms with Crippen LogP contribution in [0.5, 0.6) is 0 Å². The SMILES string of the molecule is CN[C@H]1CCCC[C@@H]1CO. The molecule has 2 heteroatoms. The predicted octanol–water partition coefficient (Wildman–Crippen LogP) is 0.757. The molecule has 0 heterocycles. The summed E-state index contributed by atoms with van der Waals surface area (Å²) in [5.74, 6) is 0.513. The summed E-state index contributed by atoms with van der Waals surface area (Å²) in [7, 11) is 1.98. The molecular formula is C8H17NO. The van der Waals surface area contributed by atoms with E-state index in [-0.39, 0.29) is 0 Å². The van der Waals surface area contributed by atoms with Crippen molar-refractivity contribution in [2.45, 2.75) is 31.7 Å². The lowest BCUT2D eigenvalue weighted by atomic mass is 9.85. The van der Waals surface area contributed by atoms with Crippen LogP contribution >= 0.6 is 0 Å². The average molecular weight is 143 g/mol. The first-order valence-corrected chi connectivity index (χ1v) is 4.16. The van der Waals surface area contributed by atoms with E-state index in [2.05, 4.69) is 5.32 Å². The zero-order valence-electron chi connectivity index (χ0n) is 6.64. The van der Waals surface area contributed by atoms with Crippen LogP contribution in [0.4, 0.5) is 0 Å². The molecule has 10 heavy (non-hydrogen) atoms. The van der Waals surface area contributed by atoms with Gasteiger partial charge in [0.1, 0.15) is 0 Å². The molecule has 1 rings (SSSR count). The van der Waals surface area contributed by atoms with Crippen LogP contribution in [0.3, 0.4) is 0 Å². The fourth-order valence-electron chi connectivity index (χ4n) is 1.81. The van der Waals surface area contributed by atoms with Gasteiger partial charge in [0, 0.05) is 12.6 Å². The number of nitrogens with one attached hydrogen (secondary N) is 1. The third-order valence-corrected chi connectivity index (χ3v) is 2.51. The van der Waals surface area contributed by atoms with Gasteiger partial charge in [0.15, 0.2) is 0 Å². The van der Waals surface area contributed by atoms with Crippen molar-refractivity contribution in [1.82, 2.24) is 5.32 Å². The largest absolute Gasteiger partial charge is 0.396 e. The molecule has 1 fully saturated rings. The smallest absolute Gasteiger partial charge is 0.0474 e. The number of aliphatic hydroxyl groups excluding tert-OH is 1. The van der Waals surface area contributed by atoms with Crippen LogP contribution in [0, 0.1) is 5.92 Å². The second-order valence-corrected chi connectivity index (χ2v) is 3.12. The third-order valence-electron chi connectivity index (χ3n) is 2.51. The number of rotatable bonds is 2. The molecular weight excluding hydrogens is 126 g/mol. The van der Waals surface area contributed by atoms with Crippen LogP contribution in [0.25, 0.3) is 0 Å². The van der Waals surface area contributed by atoms with Crippen molar-refractivity contribution in [2.24, 2.45) is 5.92 Å². The number of hydrogen-bond acceptors (Lipinski definition) is 2. The van der Waals surface area contributed by atoms with E-state index in [0.717, 1.165) is 0 Å². The number of aliphatic hydroxyl groups is 1. The van der Waals surface area contributed by atoms with Gasteiger partial charge in [-0.1, -0.05) is 12.8 Å². The van der Waals surface area contributed by atoms with Crippen molar-refractivity contribution in [3.63, 3.8) is 0 Å². The maximum absolute atomic E-state index is 8.95. The van der Waals surface area contributed by atoms with Crippen LogP contribution in [0.2, 0.25) is 0 Å². The molecule has 2 N–H and O–H groups in total. The monoisotopic (exact) mass is 143 g/mol. The maximum atomic E-state index is 8.95. The van der Waals surface area contributed by atoms with Gasteiger partial charge in [-0.2, -0.15) is 0 Å². The van der Waals surface area contributed by atoms with Crippen molar-refractivity contribution < 1.29 is 5.11 Å². The lowest BCUT2D eigenvalue weighted by Gasteiger charge is -2.29.